The van der Waals surface area contributed by atoms with Crippen molar-refractivity contribution >= 4 is 27.3 Å². The fourth-order valence-corrected chi connectivity index (χ4v) is 5.29. The van der Waals surface area contributed by atoms with Gasteiger partial charge >= 0.3 is 0 Å². The molecule has 3 rings (SSSR count). The van der Waals surface area contributed by atoms with Crippen molar-refractivity contribution in [1.82, 2.24) is 19.6 Å². The summed E-state index contributed by atoms with van der Waals surface area (Å²) in [6.07, 6.45) is 6.14. The SMILES string of the molecule is O=C(NCc1ccc(S(=O)(=O)N2CCCC2)s1)c1cnccn1. The summed E-state index contributed by atoms with van der Waals surface area (Å²) in [5, 5.41) is 2.71. The summed E-state index contributed by atoms with van der Waals surface area (Å²) in [6.45, 7) is 1.42. The molecular weight excluding hydrogens is 336 g/mol. The van der Waals surface area contributed by atoms with Crippen molar-refractivity contribution in [3.8, 4) is 0 Å². The van der Waals surface area contributed by atoms with E-state index in [9.17, 15) is 13.2 Å². The van der Waals surface area contributed by atoms with Crippen molar-refractivity contribution < 1.29 is 13.2 Å². The van der Waals surface area contributed by atoms with Gasteiger partial charge in [0.1, 0.15) is 9.90 Å². The Labute approximate surface area is 138 Å². The van der Waals surface area contributed by atoms with Crippen molar-refractivity contribution in [2.45, 2.75) is 23.6 Å². The first kappa shape index (κ1) is 16.0. The lowest BCUT2D eigenvalue weighted by Crippen LogP contribution is -2.27. The van der Waals surface area contributed by atoms with Crippen LogP contribution in [0.1, 0.15) is 28.2 Å². The highest BCUT2D eigenvalue weighted by molar-refractivity contribution is 7.91. The van der Waals surface area contributed by atoms with Crippen LogP contribution in [-0.2, 0) is 16.6 Å². The van der Waals surface area contributed by atoms with Crippen LogP contribution in [0.4, 0.5) is 0 Å². The van der Waals surface area contributed by atoms with Gasteiger partial charge in [-0.25, -0.2) is 13.4 Å². The fourth-order valence-electron chi connectivity index (χ4n) is 2.32. The van der Waals surface area contributed by atoms with Crippen molar-refractivity contribution in [2.24, 2.45) is 0 Å². The highest BCUT2D eigenvalue weighted by atomic mass is 32.2. The Hall–Kier alpha value is -1.84. The van der Waals surface area contributed by atoms with Crippen LogP contribution >= 0.6 is 11.3 Å². The van der Waals surface area contributed by atoms with Crippen LogP contribution in [0.3, 0.4) is 0 Å². The van der Waals surface area contributed by atoms with Crippen LogP contribution in [-0.4, -0.2) is 41.7 Å². The number of rotatable bonds is 5. The van der Waals surface area contributed by atoms with Crippen molar-refractivity contribution in [1.29, 1.82) is 0 Å². The van der Waals surface area contributed by atoms with Gasteiger partial charge in [0.15, 0.2) is 0 Å². The maximum absolute atomic E-state index is 12.4. The van der Waals surface area contributed by atoms with Gasteiger partial charge in [-0.2, -0.15) is 4.31 Å². The normalized spacial score (nSPS) is 15.7. The molecule has 0 aliphatic carbocycles. The first-order valence-corrected chi connectivity index (χ1v) is 9.46. The molecular formula is C14H16N4O3S2. The van der Waals surface area contributed by atoms with Crippen LogP contribution in [0.15, 0.2) is 34.9 Å². The molecule has 1 aliphatic rings. The second kappa shape index (κ2) is 6.73. The largest absolute Gasteiger partial charge is 0.346 e. The maximum atomic E-state index is 12.4. The molecule has 23 heavy (non-hydrogen) atoms. The van der Waals surface area contributed by atoms with E-state index in [0.717, 1.165) is 17.7 Å². The predicted octanol–water partition coefficient (Wildman–Crippen LogP) is 1.25. The zero-order chi connectivity index (χ0) is 16.3. The number of hydrogen-bond donors (Lipinski definition) is 1. The van der Waals surface area contributed by atoms with E-state index in [0.29, 0.717) is 17.3 Å². The number of amides is 1. The summed E-state index contributed by atoms with van der Waals surface area (Å²) in [6, 6.07) is 3.33. The molecule has 2 aromatic rings. The summed E-state index contributed by atoms with van der Waals surface area (Å²) >= 11 is 1.18. The van der Waals surface area contributed by atoms with E-state index < -0.39 is 10.0 Å². The Morgan fingerprint density at radius 3 is 2.74 bits per heavy atom. The predicted molar refractivity (Wildman–Crippen MR) is 85.5 cm³/mol. The molecule has 1 N–H and O–H groups in total. The molecule has 0 spiro atoms. The molecule has 1 saturated heterocycles. The van der Waals surface area contributed by atoms with Gasteiger partial charge in [0.2, 0.25) is 0 Å². The second-order valence-electron chi connectivity index (χ2n) is 5.11. The summed E-state index contributed by atoms with van der Waals surface area (Å²) in [7, 11) is -3.39. The molecule has 3 heterocycles. The van der Waals surface area contributed by atoms with Gasteiger partial charge in [-0.3, -0.25) is 9.78 Å². The Balaban J connectivity index is 1.65. The van der Waals surface area contributed by atoms with E-state index in [4.69, 9.17) is 0 Å². The minimum Gasteiger partial charge on any atom is -0.346 e. The van der Waals surface area contributed by atoms with Gasteiger partial charge in [-0.15, -0.1) is 11.3 Å². The summed E-state index contributed by atoms with van der Waals surface area (Å²) < 4.78 is 26.7. The topological polar surface area (TPSA) is 92.3 Å². The minimum absolute atomic E-state index is 0.231. The lowest BCUT2D eigenvalue weighted by atomic mass is 10.4. The molecule has 1 fully saturated rings. The van der Waals surface area contributed by atoms with Crippen LogP contribution in [0.2, 0.25) is 0 Å². The molecule has 0 atom stereocenters. The van der Waals surface area contributed by atoms with Crippen LogP contribution in [0.5, 0.6) is 0 Å². The third-order valence-corrected chi connectivity index (χ3v) is 6.97. The van der Waals surface area contributed by atoms with E-state index >= 15 is 0 Å². The minimum atomic E-state index is -3.39. The maximum Gasteiger partial charge on any atom is 0.271 e. The Kier molecular flexibility index (Phi) is 4.69. The number of hydrogen-bond acceptors (Lipinski definition) is 6. The van der Waals surface area contributed by atoms with Gasteiger partial charge in [0.25, 0.3) is 15.9 Å². The average molecular weight is 352 g/mol. The van der Waals surface area contributed by atoms with E-state index in [1.807, 2.05) is 0 Å². The molecule has 0 radical (unpaired) electrons. The molecule has 0 unspecified atom stereocenters. The molecule has 9 heteroatoms. The molecule has 7 nitrogen and oxygen atoms in total. The Morgan fingerprint density at radius 2 is 2.04 bits per heavy atom. The van der Waals surface area contributed by atoms with E-state index in [1.54, 1.807) is 12.1 Å². The van der Waals surface area contributed by atoms with Crippen molar-refractivity contribution in [3.63, 3.8) is 0 Å². The molecule has 1 aliphatic heterocycles. The Morgan fingerprint density at radius 1 is 1.26 bits per heavy atom. The number of carbonyl (C=O) groups is 1. The molecule has 0 saturated carbocycles. The molecule has 0 aromatic carbocycles. The lowest BCUT2D eigenvalue weighted by molar-refractivity contribution is 0.0946. The van der Waals surface area contributed by atoms with Gasteiger partial charge in [0.05, 0.1) is 12.7 Å². The van der Waals surface area contributed by atoms with Crippen LogP contribution in [0, 0.1) is 0 Å². The van der Waals surface area contributed by atoms with Crippen molar-refractivity contribution in [2.75, 3.05) is 13.1 Å². The number of thiophene rings is 1. The highest BCUT2D eigenvalue weighted by Gasteiger charge is 2.28. The third-order valence-electron chi connectivity index (χ3n) is 3.52. The smallest absolute Gasteiger partial charge is 0.271 e. The average Bonchev–Trinajstić information content (AvgIpc) is 3.25. The number of nitrogens with one attached hydrogen (secondary N) is 1. The first-order chi connectivity index (χ1) is 11.1. The first-order valence-electron chi connectivity index (χ1n) is 7.20. The number of aromatic nitrogens is 2. The summed E-state index contributed by atoms with van der Waals surface area (Å²) in [5.74, 6) is -0.338. The summed E-state index contributed by atoms with van der Waals surface area (Å²) in [5.41, 5.74) is 0.231. The zero-order valence-corrected chi connectivity index (χ0v) is 13.9. The number of carbonyl (C=O) groups excluding carboxylic acids is 1. The third kappa shape index (κ3) is 3.57. The number of nitrogens with zero attached hydrogens (tertiary/aromatic N) is 3. The highest BCUT2D eigenvalue weighted by Crippen LogP contribution is 2.27. The second-order valence-corrected chi connectivity index (χ2v) is 8.44. The van der Waals surface area contributed by atoms with Crippen LogP contribution in [0.25, 0.3) is 0 Å². The monoisotopic (exact) mass is 352 g/mol. The summed E-state index contributed by atoms with van der Waals surface area (Å²) in [4.78, 5) is 20.4. The van der Waals surface area contributed by atoms with E-state index in [2.05, 4.69) is 15.3 Å². The van der Waals surface area contributed by atoms with Gasteiger partial charge in [0, 0.05) is 30.4 Å². The molecule has 1 amide bonds. The number of sulfonamides is 1. The van der Waals surface area contributed by atoms with Crippen LogP contribution < -0.4 is 5.32 Å². The molecule has 2 aromatic heterocycles. The van der Waals surface area contributed by atoms with E-state index in [1.165, 1.54) is 34.2 Å². The van der Waals surface area contributed by atoms with Gasteiger partial charge in [-0.1, -0.05) is 0 Å². The van der Waals surface area contributed by atoms with Crippen molar-refractivity contribution in [3.05, 3.63) is 41.3 Å². The van der Waals surface area contributed by atoms with E-state index in [-0.39, 0.29) is 18.1 Å². The molecule has 0 bridgehead atoms. The fraction of sp³-hybridized carbons (Fsp3) is 0.357. The van der Waals surface area contributed by atoms with Gasteiger partial charge in [-0.05, 0) is 25.0 Å². The zero-order valence-electron chi connectivity index (χ0n) is 12.3. The van der Waals surface area contributed by atoms with Gasteiger partial charge < -0.3 is 5.32 Å². The molecule has 122 valence electrons. The lowest BCUT2D eigenvalue weighted by Gasteiger charge is -2.13. The standard InChI is InChI=1S/C14H16N4O3S2/c19-14(12-10-15-5-6-16-12)17-9-11-3-4-13(22-11)23(20,21)18-7-1-2-8-18/h3-6,10H,1-2,7-9H2,(H,17,19). The quantitative estimate of drug-likeness (QED) is 0.874. The Bertz CT molecular complexity index is 783.